The fraction of sp³-hybridized carbons (Fsp3) is 0.357. The van der Waals surface area contributed by atoms with E-state index in [2.05, 4.69) is 0 Å². The normalized spacial score (nSPS) is 13.4. The Kier molecular flexibility index (Phi) is 4.15. The van der Waals surface area contributed by atoms with Crippen molar-refractivity contribution >= 4 is 28.4 Å². The summed E-state index contributed by atoms with van der Waals surface area (Å²) in [6.07, 6.45) is -3.23. The molecule has 108 valence electrons. The van der Waals surface area contributed by atoms with Gasteiger partial charge in [0.25, 0.3) is 0 Å². The van der Waals surface area contributed by atoms with E-state index in [0.717, 1.165) is 0 Å². The lowest BCUT2D eigenvalue weighted by molar-refractivity contribution is -0.0577. The monoisotopic (exact) mass is 298 g/mol. The summed E-state index contributed by atoms with van der Waals surface area (Å²) >= 11 is 6.05. The van der Waals surface area contributed by atoms with Crippen molar-refractivity contribution in [3.8, 4) is 0 Å². The summed E-state index contributed by atoms with van der Waals surface area (Å²) in [7, 11) is 0. The minimum atomic E-state index is -1.96. The van der Waals surface area contributed by atoms with E-state index in [9.17, 15) is 20.1 Å². The van der Waals surface area contributed by atoms with Crippen molar-refractivity contribution < 1.29 is 24.5 Å². The molecule has 1 atom stereocenters. The Bertz CT molecular complexity index is 644. The number of carbonyl (C=O) groups excluding carboxylic acids is 1. The maximum Gasteiger partial charge on any atom is 0.213 e. The highest BCUT2D eigenvalue weighted by Crippen LogP contribution is 2.35. The fourth-order valence-electron chi connectivity index (χ4n) is 2.00. The number of Topliss-reactive ketones (excluding diaryl/α,β-unsaturated/α-hetero) is 1. The highest BCUT2D eigenvalue weighted by Gasteiger charge is 2.31. The first-order valence-corrected chi connectivity index (χ1v) is 6.51. The van der Waals surface area contributed by atoms with E-state index in [1.54, 1.807) is 32.0 Å². The summed E-state index contributed by atoms with van der Waals surface area (Å²) < 4.78 is 5.28. The smallest absolute Gasteiger partial charge is 0.213 e. The molecule has 1 aromatic carbocycles. The van der Waals surface area contributed by atoms with Crippen LogP contribution in [0.25, 0.3) is 11.0 Å². The SMILES string of the molecule is CC(C)C(O)C(=O)c1c(C(O)O)oc2cccc(Cl)c12. The second-order valence-corrected chi connectivity index (χ2v) is 5.29. The van der Waals surface area contributed by atoms with Crippen molar-refractivity contribution in [1.82, 2.24) is 0 Å². The van der Waals surface area contributed by atoms with Crippen LogP contribution in [0.1, 0.15) is 36.3 Å². The van der Waals surface area contributed by atoms with Crippen molar-refractivity contribution in [3.05, 3.63) is 34.5 Å². The van der Waals surface area contributed by atoms with E-state index >= 15 is 0 Å². The minimum absolute atomic E-state index is 0.0817. The molecule has 0 saturated carbocycles. The topological polar surface area (TPSA) is 90.9 Å². The summed E-state index contributed by atoms with van der Waals surface area (Å²) in [4.78, 5) is 12.3. The van der Waals surface area contributed by atoms with E-state index < -0.39 is 18.2 Å². The molecule has 0 bridgehead atoms. The van der Waals surface area contributed by atoms with E-state index in [-0.39, 0.29) is 33.2 Å². The molecule has 0 fully saturated rings. The van der Waals surface area contributed by atoms with E-state index in [4.69, 9.17) is 16.0 Å². The lowest BCUT2D eigenvalue weighted by Crippen LogP contribution is -2.27. The standard InChI is InChI=1S/C14H15ClO5/c1-6(2)11(16)12(17)10-9-7(15)4-3-5-8(9)20-13(10)14(18)19/h3-6,11,14,16,18-19H,1-2H3. The molecule has 2 rings (SSSR count). The molecular weight excluding hydrogens is 284 g/mol. The third-order valence-corrected chi connectivity index (χ3v) is 3.39. The summed E-state index contributed by atoms with van der Waals surface area (Å²) in [5.74, 6) is -1.27. The molecule has 3 N–H and O–H groups in total. The number of rotatable bonds is 4. The number of fused-ring (bicyclic) bond motifs is 1. The van der Waals surface area contributed by atoms with Crippen LogP contribution in [0.4, 0.5) is 0 Å². The number of ketones is 1. The molecule has 5 nitrogen and oxygen atoms in total. The van der Waals surface area contributed by atoms with Crippen LogP contribution >= 0.6 is 11.6 Å². The predicted octanol–water partition coefficient (Wildman–Crippen LogP) is 2.27. The molecule has 1 heterocycles. The molecule has 20 heavy (non-hydrogen) atoms. The zero-order valence-corrected chi connectivity index (χ0v) is 11.8. The number of hydrogen-bond donors (Lipinski definition) is 3. The van der Waals surface area contributed by atoms with Crippen molar-refractivity contribution in [3.63, 3.8) is 0 Å². The summed E-state index contributed by atoms with van der Waals surface area (Å²) in [6, 6.07) is 4.74. The maximum absolute atomic E-state index is 12.3. The third kappa shape index (κ3) is 2.45. The van der Waals surface area contributed by atoms with Gasteiger partial charge in [-0.15, -0.1) is 0 Å². The van der Waals surface area contributed by atoms with Gasteiger partial charge in [-0.3, -0.25) is 4.79 Å². The van der Waals surface area contributed by atoms with Gasteiger partial charge in [0.05, 0.1) is 16.0 Å². The molecule has 6 heteroatoms. The first-order valence-electron chi connectivity index (χ1n) is 6.14. The third-order valence-electron chi connectivity index (χ3n) is 3.07. The van der Waals surface area contributed by atoms with Gasteiger partial charge >= 0.3 is 0 Å². The van der Waals surface area contributed by atoms with Crippen LogP contribution < -0.4 is 0 Å². The number of carbonyl (C=O) groups is 1. The largest absolute Gasteiger partial charge is 0.455 e. The van der Waals surface area contributed by atoms with Gasteiger partial charge < -0.3 is 19.7 Å². The quantitative estimate of drug-likeness (QED) is 0.595. The van der Waals surface area contributed by atoms with Gasteiger partial charge in [0.1, 0.15) is 11.7 Å². The van der Waals surface area contributed by atoms with Crippen LogP contribution in [0.3, 0.4) is 0 Å². The van der Waals surface area contributed by atoms with Crippen LogP contribution in [0.5, 0.6) is 0 Å². The minimum Gasteiger partial charge on any atom is -0.455 e. The van der Waals surface area contributed by atoms with Gasteiger partial charge in [0, 0.05) is 0 Å². The van der Waals surface area contributed by atoms with E-state index in [1.807, 2.05) is 0 Å². The molecule has 0 aliphatic carbocycles. The van der Waals surface area contributed by atoms with Gasteiger partial charge in [-0.1, -0.05) is 31.5 Å². The Hall–Kier alpha value is -1.40. The Labute approximate surface area is 120 Å². The Morgan fingerprint density at radius 3 is 2.45 bits per heavy atom. The van der Waals surface area contributed by atoms with Crippen molar-refractivity contribution in [2.24, 2.45) is 5.92 Å². The van der Waals surface area contributed by atoms with Crippen molar-refractivity contribution in [2.45, 2.75) is 26.2 Å². The highest BCUT2D eigenvalue weighted by atomic mass is 35.5. The lowest BCUT2D eigenvalue weighted by atomic mass is 9.95. The van der Waals surface area contributed by atoms with Gasteiger partial charge in [-0.25, -0.2) is 0 Å². The zero-order chi connectivity index (χ0) is 15.0. The summed E-state index contributed by atoms with van der Waals surface area (Å²) in [6.45, 7) is 3.36. The number of aliphatic hydroxyl groups excluding tert-OH is 2. The molecule has 0 amide bonds. The van der Waals surface area contributed by atoms with Crippen LogP contribution in [-0.2, 0) is 0 Å². The Morgan fingerprint density at radius 1 is 1.25 bits per heavy atom. The van der Waals surface area contributed by atoms with Crippen LogP contribution in [0.2, 0.25) is 5.02 Å². The average molecular weight is 299 g/mol. The van der Waals surface area contributed by atoms with Crippen LogP contribution in [0, 0.1) is 5.92 Å². The molecule has 0 aliphatic rings. The Morgan fingerprint density at radius 2 is 1.90 bits per heavy atom. The van der Waals surface area contributed by atoms with E-state index in [1.165, 1.54) is 0 Å². The van der Waals surface area contributed by atoms with E-state index in [0.29, 0.717) is 0 Å². The molecule has 1 unspecified atom stereocenters. The molecular formula is C14H15ClO5. The number of halogens is 1. The molecule has 0 spiro atoms. The van der Waals surface area contributed by atoms with Crippen molar-refractivity contribution in [1.29, 1.82) is 0 Å². The fourth-order valence-corrected chi connectivity index (χ4v) is 2.26. The lowest BCUT2D eigenvalue weighted by Gasteiger charge is -2.13. The zero-order valence-electron chi connectivity index (χ0n) is 11.0. The van der Waals surface area contributed by atoms with Gasteiger partial charge in [0.15, 0.2) is 11.5 Å². The van der Waals surface area contributed by atoms with Crippen molar-refractivity contribution in [2.75, 3.05) is 0 Å². The summed E-state index contributed by atoms with van der Waals surface area (Å²) in [5.41, 5.74) is 0.182. The highest BCUT2D eigenvalue weighted by molar-refractivity contribution is 6.37. The van der Waals surface area contributed by atoms with Gasteiger partial charge in [-0.2, -0.15) is 0 Å². The summed E-state index contributed by atoms with van der Waals surface area (Å²) in [5, 5.41) is 29.2. The molecule has 0 aliphatic heterocycles. The molecule has 1 aromatic heterocycles. The Balaban J connectivity index is 2.72. The molecule has 0 saturated heterocycles. The average Bonchev–Trinajstić information content (AvgIpc) is 2.77. The van der Waals surface area contributed by atoms with Gasteiger partial charge in [0.2, 0.25) is 6.29 Å². The predicted molar refractivity (Wildman–Crippen MR) is 73.6 cm³/mol. The van der Waals surface area contributed by atoms with Crippen LogP contribution in [-0.4, -0.2) is 27.2 Å². The second kappa shape index (κ2) is 5.54. The van der Waals surface area contributed by atoms with Gasteiger partial charge in [-0.05, 0) is 18.1 Å². The second-order valence-electron chi connectivity index (χ2n) is 4.88. The maximum atomic E-state index is 12.3. The number of furan rings is 1. The molecule has 2 aromatic rings. The van der Waals surface area contributed by atoms with Crippen LogP contribution in [0.15, 0.2) is 22.6 Å². The molecule has 0 radical (unpaired) electrons. The first-order chi connectivity index (χ1) is 9.34. The number of hydrogen-bond acceptors (Lipinski definition) is 5. The first kappa shape index (κ1) is 15.0. The number of aliphatic hydroxyl groups is 3. The number of benzene rings is 1.